The molecule has 1 unspecified atom stereocenters. The molecule has 0 aliphatic rings. The summed E-state index contributed by atoms with van der Waals surface area (Å²) in [4.78, 5) is 29.5. The van der Waals surface area contributed by atoms with Crippen molar-refractivity contribution in [3.63, 3.8) is 0 Å². The highest BCUT2D eigenvalue weighted by Gasteiger charge is 2.49. The maximum Gasteiger partial charge on any atom is 0.149 e. The van der Waals surface area contributed by atoms with Crippen LogP contribution in [0.4, 0.5) is 0 Å². The number of nitrogens with two attached hydrogens (primary N) is 1. The van der Waals surface area contributed by atoms with Crippen LogP contribution in [0, 0.1) is 5.41 Å². The zero-order chi connectivity index (χ0) is 35.6. The maximum atomic E-state index is 13.7. The smallest absolute Gasteiger partial charge is 0.149 e. The number of aliphatic hydroxyl groups excluding tert-OH is 1. The molecule has 0 aromatic rings. The normalized spacial score (nSPS) is 13.0. The largest absolute Gasteiger partial charge is 0.390 e. The number of unbranched alkanes of at least 4 members (excludes halogenated alkanes) is 22. The fraction of sp³-hybridized carbons (Fsp3) is 0.860. The van der Waals surface area contributed by atoms with Gasteiger partial charge in [-0.25, -0.2) is 0 Å². The number of hydrogen-bond donors (Lipinski definition) is 2. The molecule has 0 amide bonds. The molecule has 0 spiro atoms. The standard InChI is InChI=1S/C43H82N2O3/c1-5-7-9-11-13-15-17-19-21-23-25-27-29-31-33-35-40(46)43(42(48)39-44,37-38-45(3)4)41(47)36-34-32-30-28-26-24-22-20-18-16-14-12-10-8-6-2/h19-22,42,48H,5-18,23-39,44H2,1-4H3/b21-19-,22-20-. The highest BCUT2D eigenvalue weighted by molar-refractivity contribution is 6.07. The number of rotatable bonds is 37. The van der Waals surface area contributed by atoms with Gasteiger partial charge in [-0.1, -0.05) is 141 Å². The van der Waals surface area contributed by atoms with Crippen molar-refractivity contribution in [2.75, 3.05) is 27.2 Å². The monoisotopic (exact) mass is 675 g/mol. The molecule has 0 aromatic heterocycles. The van der Waals surface area contributed by atoms with Crippen LogP contribution in [0.5, 0.6) is 0 Å². The number of Topliss-reactive ketones (excluding diaryl/α,β-unsaturated/α-hetero) is 2. The van der Waals surface area contributed by atoms with Crippen molar-refractivity contribution >= 4 is 11.6 Å². The quantitative estimate of drug-likeness (QED) is 0.0389. The molecule has 0 bridgehead atoms. The van der Waals surface area contributed by atoms with Gasteiger partial charge in [-0.05, 0) is 91.3 Å². The molecule has 0 saturated heterocycles. The van der Waals surface area contributed by atoms with Crippen LogP contribution in [0.1, 0.15) is 200 Å². The Morgan fingerprint density at radius 3 is 1.19 bits per heavy atom. The summed E-state index contributed by atoms with van der Waals surface area (Å²) in [6.07, 6.45) is 40.6. The van der Waals surface area contributed by atoms with Crippen molar-refractivity contribution < 1.29 is 14.7 Å². The van der Waals surface area contributed by atoms with Crippen LogP contribution in [0.15, 0.2) is 24.3 Å². The van der Waals surface area contributed by atoms with E-state index < -0.39 is 11.5 Å². The molecule has 0 aromatic carbocycles. The Morgan fingerprint density at radius 2 is 0.875 bits per heavy atom. The Balaban J connectivity index is 4.48. The molecule has 0 aliphatic heterocycles. The topological polar surface area (TPSA) is 83.6 Å². The second kappa shape index (κ2) is 34.2. The predicted octanol–water partition coefficient (Wildman–Crippen LogP) is 11.5. The maximum absolute atomic E-state index is 13.7. The van der Waals surface area contributed by atoms with E-state index in [0.29, 0.717) is 25.8 Å². The lowest BCUT2D eigenvalue weighted by Gasteiger charge is -2.36. The number of allylic oxidation sites excluding steroid dienone is 4. The first kappa shape index (κ1) is 46.7. The second-order valence-electron chi connectivity index (χ2n) is 14.8. The van der Waals surface area contributed by atoms with Gasteiger partial charge in [-0.3, -0.25) is 9.59 Å². The highest BCUT2D eigenvalue weighted by Crippen LogP contribution is 2.34. The Hall–Kier alpha value is -1.30. The molecule has 0 rings (SSSR count). The Bertz CT molecular complexity index is 739. The van der Waals surface area contributed by atoms with Crippen LogP contribution >= 0.6 is 0 Å². The van der Waals surface area contributed by atoms with Gasteiger partial charge in [0.25, 0.3) is 0 Å². The van der Waals surface area contributed by atoms with Crippen LogP contribution in [-0.4, -0.2) is 54.9 Å². The van der Waals surface area contributed by atoms with Gasteiger partial charge in [0.05, 0.1) is 6.10 Å². The molecule has 1 atom stereocenters. The summed E-state index contributed by atoms with van der Waals surface area (Å²) in [5, 5.41) is 11.1. The van der Waals surface area contributed by atoms with Gasteiger partial charge in [0.15, 0.2) is 0 Å². The minimum absolute atomic E-state index is 0.0658. The Morgan fingerprint density at radius 1 is 0.562 bits per heavy atom. The molecule has 48 heavy (non-hydrogen) atoms. The summed E-state index contributed by atoms with van der Waals surface area (Å²) < 4.78 is 0. The van der Waals surface area contributed by atoms with E-state index in [2.05, 4.69) is 38.2 Å². The van der Waals surface area contributed by atoms with E-state index in [1.807, 2.05) is 19.0 Å². The Labute approximate surface area is 299 Å². The minimum Gasteiger partial charge on any atom is -0.390 e. The minimum atomic E-state index is -1.37. The molecule has 0 fully saturated rings. The van der Waals surface area contributed by atoms with Crippen LogP contribution in [-0.2, 0) is 9.59 Å². The van der Waals surface area contributed by atoms with Crippen molar-refractivity contribution in [3.8, 4) is 0 Å². The van der Waals surface area contributed by atoms with E-state index in [-0.39, 0.29) is 18.1 Å². The fourth-order valence-corrected chi connectivity index (χ4v) is 6.73. The van der Waals surface area contributed by atoms with Gasteiger partial charge in [-0.2, -0.15) is 0 Å². The van der Waals surface area contributed by atoms with Crippen molar-refractivity contribution in [1.82, 2.24) is 4.90 Å². The number of ketones is 2. The van der Waals surface area contributed by atoms with Crippen LogP contribution in [0.3, 0.4) is 0 Å². The predicted molar refractivity (Wildman–Crippen MR) is 210 cm³/mol. The number of carbonyl (C=O) groups excluding carboxylic acids is 2. The molecule has 5 heteroatoms. The third-order valence-electron chi connectivity index (χ3n) is 10.1. The molecular weight excluding hydrogens is 592 g/mol. The third-order valence-corrected chi connectivity index (χ3v) is 10.1. The Kier molecular flexibility index (Phi) is 33.2. The SMILES string of the molecule is CCCCCCCC/C=C\CCCCCCCC(=O)C(CCN(C)C)(C(=O)CCCCCCC/C=C\CCCCCCCC)C(O)CN. The molecule has 0 aliphatic carbocycles. The third kappa shape index (κ3) is 24.8. The molecule has 282 valence electrons. The van der Waals surface area contributed by atoms with E-state index in [0.717, 1.165) is 51.4 Å². The van der Waals surface area contributed by atoms with Crippen LogP contribution in [0.25, 0.3) is 0 Å². The molecule has 0 radical (unpaired) electrons. The molecule has 0 heterocycles. The summed E-state index contributed by atoms with van der Waals surface area (Å²) in [6.45, 7) is 5.04. The van der Waals surface area contributed by atoms with Gasteiger partial charge < -0.3 is 15.7 Å². The summed E-state index contributed by atoms with van der Waals surface area (Å²) in [5.74, 6) is -0.199. The van der Waals surface area contributed by atoms with Gasteiger partial charge in [-0.15, -0.1) is 0 Å². The number of aliphatic hydroxyl groups is 1. The van der Waals surface area contributed by atoms with Crippen LogP contribution in [0.2, 0.25) is 0 Å². The lowest BCUT2D eigenvalue weighted by molar-refractivity contribution is -0.150. The van der Waals surface area contributed by atoms with Crippen molar-refractivity contribution in [1.29, 1.82) is 0 Å². The molecule has 3 N–H and O–H groups in total. The van der Waals surface area contributed by atoms with Crippen LogP contribution < -0.4 is 5.73 Å². The van der Waals surface area contributed by atoms with Gasteiger partial charge in [0.2, 0.25) is 0 Å². The average Bonchev–Trinajstić information content (AvgIpc) is 3.08. The number of hydrogen-bond acceptors (Lipinski definition) is 5. The molecular formula is C43H82N2O3. The van der Waals surface area contributed by atoms with Crippen molar-refractivity contribution in [2.45, 2.75) is 206 Å². The summed E-state index contributed by atoms with van der Waals surface area (Å²) in [7, 11) is 3.89. The lowest BCUT2D eigenvalue weighted by Crippen LogP contribution is -2.53. The van der Waals surface area contributed by atoms with Crippen molar-refractivity contribution in [3.05, 3.63) is 24.3 Å². The summed E-state index contributed by atoms with van der Waals surface area (Å²) >= 11 is 0. The second-order valence-corrected chi connectivity index (χ2v) is 14.8. The zero-order valence-corrected chi connectivity index (χ0v) is 32.6. The average molecular weight is 675 g/mol. The lowest BCUT2D eigenvalue weighted by atomic mass is 9.69. The number of carbonyl (C=O) groups is 2. The van der Waals surface area contributed by atoms with E-state index in [4.69, 9.17) is 5.73 Å². The summed E-state index contributed by atoms with van der Waals surface area (Å²) in [6, 6.07) is 0. The van der Waals surface area contributed by atoms with E-state index in [1.165, 1.54) is 116 Å². The van der Waals surface area contributed by atoms with E-state index in [9.17, 15) is 14.7 Å². The van der Waals surface area contributed by atoms with E-state index >= 15 is 0 Å². The van der Waals surface area contributed by atoms with Gasteiger partial charge in [0, 0.05) is 19.4 Å². The number of nitrogens with zero attached hydrogens (tertiary/aromatic N) is 1. The zero-order valence-electron chi connectivity index (χ0n) is 32.6. The van der Waals surface area contributed by atoms with Gasteiger partial charge >= 0.3 is 0 Å². The first-order valence-corrected chi connectivity index (χ1v) is 20.8. The van der Waals surface area contributed by atoms with Gasteiger partial charge in [0.1, 0.15) is 17.0 Å². The van der Waals surface area contributed by atoms with E-state index in [1.54, 1.807) is 0 Å². The first-order chi connectivity index (χ1) is 23.4. The highest BCUT2D eigenvalue weighted by atomic mass is 16.3. The summed E-state index contributed by atoms with van der Waals surface area (Å²) in [5.41, 5.74) is 4.56. The fourth-order valence-electron chi connectivity index (χ4n) is 6.73. The molecule has 5 nitrogen and oxygen atoms in total. The van der Waals surface area contributed by atoms with Crippen molar-refractivity contribution in [2.24, 2.45) is 11.1 Å². The molecule has 0 saturated carbocycles. The first-order valence-electron chi connectivity index (χ1n) is 20.8.